The molecule has 0 aromatic rings. The summed E-state index contributed by atoms with van der Waals surface area (Å²) >= 11 is 0. The lowest BCUT2D eigenvalue weighted by Crippen LogP contribution is -2.47. The van der Waals surface area contributed by atoms with E-state index in [1.54, 1.807) is 0 Å². The van der Waals surface area contributed by atoms with Crippen LogP contribution in [0.5, 0.6) is 0 Å². The highest BCUT2D eigenvalue weighted by molar-refractivity contribution is 5.85. The van der Waals surface area contributed by atoms with Crippen LogP contribution in [0.25, 0.3) is 0 Å². The van der Waals surface area contributed by atoms with E-state index in [-0.39, 0.29) is 11.8 Å². The van der Waals surface area contributed by atoms with E-state index in [0.29, 0.717) is 6.54 Å². The number of carbonyl (C=O) groups excluding carboxylic acids is 1. The Morgan fingerprint density at radius 3 is 2.60 bits per heavy atom. The van der Waals surface area contributed by atoms with Gasteiger partial charge < -0.3 is 15.3 Å². The van der Waals surface area contributed by atoms with Gasteiger partial charge in [-0.25, -0.2) is 4.79 Å². The third kappa shape index (κ3) is 3.23. The van der Waals surface area contributed by atoms with Gasteiger partial charge in [-0.3, -0.25) is 4.79 Å². The molecule has 3 atom stereocenters. The summed E-state index contributed by atoms with van der Waals surface area (Å²) in [5, 5.41) is 11.3. The summed E-state index contributed by atoms with van der Waals surface area (Å²) in [6.07, 6.45) is -1.78. The molecule has 3 unspecified atom stereocenters. The van der Waals surface area contributed by atoms with Gasteiger partial charge in [-0.15, -0.1) is 0 Å². The number of aliphatic carboxylic acids is 1. The molecule has 2 fully saturated rings. The Balaban J connectivity index is 1.93. The summed E-state index contributed by atoms with van der Waals surface area (Å²) in [7, 11) is 0. The van der Waals surface area contributed by atoms with Crippen LogP contribution in [0.1, 0.15) is 19.3 Å². The van der Waals surface area contributed by atoms with Gasteiger partial charge in [0.05, 0.1) is 13.1 Å². The fourth-order valence-electron chi connectivity index (χ4n) is 3.29. The number of carboxylic acid groups (broad SMARTS) is 1. The van der Waals surface area contributed by atoms with Gasteiger partial charge in [0.15, 0.2) is 0 Å². The van der Waals surface area contributed by atoms with Crippen molar-refractivity contribution in [2.75, 3.05) is 19.6 Å². The standard InChI is InChI=1S/C12H17F3N2O3/c13-12(14,15)6-16-4-9(18)17-5-7-2-1-3-8(7)10(17)11(19)20/h7-8,10,16H,1-6H2,(H,19,20). The molecule has 8 heteroatoms. The first kappa shape index (κ1) is 15.1. The second-order valence-corrected chi connectivity index (χ2v) is 5.40. The van der Waals surface area contributed by atoms with Crippen molar-refractivity contribution in [3.8, 4) is 0 Å². The number of likely N-dealkylation sites (tertiary alicyclic amines) is 1. The van der Waals surface area contributed by atoms with Crippen molar-refractivity contribution in [3.05, 3.63) is 0 Å². The molecule has 1 aliphatic heterocycles. The fraction of sp³-hybridized carbons (Fsp3) is 0.833. The first-order valence-electron chi connectivity index (χ1n) is 6.59. The van der Waals surface area contributed by atoms with Crippen LogP contribution in [0.3, 0.4) is 0 Å². The van der Waals surface area contributed by atoms with Gasteiger partial charge in [-0.05, 0) is 24.7 Å². The van der Waals surface area contributed by atoms with Gasteiger partial charge in [0.25, 0.3) is 0 Å². The molecule has 1 amide bonds. The van der Waals surface area contributed by atoms with Gasteiger partial charge in [0, 0.05) is 6.54 Å². The summed E-state index contributed by atoms with van der Waals surface area (Å²) in [5.41, 5.74) is 0. The highest BCUT2D eigenvalue weighted by atomic mass is 19.4. The summed E-state index contributed by atoms with van der Waals surface area (Å²) in [6, 6.07) is -0.886. The van der Waals surface area contributed by atoms with Crippen molar-refractivity contribution >= 4 is 11.9 Å². The normalized spacial score (nSPS) is 29.6. The fourth-order valence-corrected chi connectivity index (χ4v) is 3.29. The average molecular weight is 294 g/mol. The van der Waals surface area contributed by atoms with Gasteiger partial charge in [0.1, 0.15) is 6.04 Å². The number of rotatable bonds is 4. The van der Waals surface area contributed by atoms with Crippen molar-refractivity contribution < 1.29 is 27.9 Å². The van der Waals surface area contributed by atoms with E-state index in [1.165, 1.54) is 4.90 Å². The van der Waals surface area contributed by atoms with Crippen LogP contribution in [-0.4, -0.2) is 53.7 Å². The Kier molecular flexibility index (Phi) is 4.22. The number of fused-ring (bicyclic) bond motifs is 1. The maximum atomic E-state index is 12.0. The Bertz CT molecular complexity index is 400. The highest BCUT2D eigenvalue weighted by Gasteiger charge is 2.49. The molecule has 1 saturated heterocycles. The Morgan fingerprint density at radius 2 is 2.00 bits per heavy atom. The van der Waals surface area contributed by atoms with Crippen LogP contribution in [0.15, 0.2) is 0 Å². The number of amides is 1. The minimum atomic E-state index is -4.38. The zero-order valence-corrected chi connectivity index (χ0v) is 10.8. The van der Waals surface area contributed by atoms with Crippen molar-refractivity contribution in [2.45, 2.75) is 31.5 Å². The van der Waals surface area contributed by atoms with Crippen molar-refractivity contribution in [1.82, 2.24) is 10.2 Å². The number of halogens is 3. The van der Waals surface area contributed by atoms with E-state index in [4.69, 9.17) is 0 Å². The number of alkyl halides is 3. The predicted octanol–water partition coefficient (Wildman–Crippen LogP) is 0.850. The zero-order chi connectivity index (χ0) is 14.9. The maximum Gasteiger partial charge on any atom is 0.401 e. The van der Waals surface area contributed by atoms with Crippen LogP contribution in [-0.2, 0) is 9.59 Å². The number of hydrogen-bond acceptors (Lipinski definition) is 3. The van der Waals surface area contributed by atoms with Gasteiger partial charge >= 0.3 is 12.1 Å². The molecule has 1 heterocycles. The van der Waals surface area contributed by atoms with E-state index in [0.717, 1.165) is 19.3 Å². The van der Waals surface area contributed by atoms with Crippen molar-refractivity contribution in [3.63, 3.8) is 0 Å². The summed E-state index contributed by atoms with van der Waals surface area (Å²) < 4.78 is 36.0. The molecule has 114 valence electrons. The molecule has 1 saturated carbocycles. The molecular weight excluding hydrogens is 277 g/mol. The highest BCUT2D eigenvalue weighted by Crippen LogP contribution is 2.42. The number of carboxylic acids is 1. The van der Waals surface area contributed by atoms with Crippen LogP contribution in [0, 0.1) is 11.8 Å². The number of nitrogens with one attached hydrogen (secondary N) is 1. The first-order valence-corrected chi connectivity index (χ1v) is 6.59. The molecule has 5 nitrogen and oxygen atoms in total. The SMILES string of the molecule is O=C(O)C1C2CCCC2CN1C(=O)CNCC(F)(F)F. The largest absolute Gasteiger partial charge is 0.480 e. The zero-order valence-electron chi connectivity index (χ0n) is 10.8. The first-order chi connectivity index (χ1) is 9.29. The summed E-state index contributed by atoms with van der Waals surface area (Å²) in [5.74, 6) is -1.53. The summed E-state index contributed by atoms with van der Waals surface area (Å²) in [4.78, 5) is 24.4. The lowest BCUT2D eigenvalue weighted by atomic mass is 9.94. The Hall–Kier alpha value is -1.31. The molecule has 0 aromatic carbocycles. The van der Waals surface area contributed by atoms with Gasteiger partial charge in [-0.2, -0.15) is 13.2 Å². The van der Waals surface area contributed by atoms with Crippen molar-refractivity contribution in [2.24, 2.45) is 11.8 Å². The molecule has 1 aliphatic carbocycles. The molecule has 0 aromatic heterocycles. The lowest BCUT2D eigenvalue weighted by molar-refractivity contribution is -0.150. The molecule has 20 heavy (non-hydrogen) atoms. The van der Waals surface area contributed by atoms with E-state index < -0.39 is 37.2 Å². The molecule has 2 N–H and O–H groups in total. The third-order valence-corrected chi connectivity index (χ3v) is 4.07. The second kappa shape index (κ2) is 5.59. The van der Waals surface area contributed by atoms with E-state index in [2.05, 4.69) is 0 Å². The Morgan fingerprint density at radius 1 is 1.30 bits per heavy atom. The average Bonchev–Trinajstić information content (AvgIpc) is 2.84. The van der Waals surface area contributed by atoms with Gasteiger partial charge in [-0.1, -0.05) is 6.42 Å². The minimum Gasteiger partial charge on any atom is -0.480 e. The van der Waals surface area contributed by atoms with E-state index in [9.17, 15) is 27.9 Å². The lowest BCUT2D eigenvalue weighted by Gasteiger charge is -2.24. The molecule has 2 rings (SSSR count). The van der Waals surface area contributed by atoms with E-state index >= 15 is 0 Å². The molecule has 0 bridgehead atoms. The maximum absolute atomic E-state index is 12.0. The van der Waals surface area contributed by atoms with Crippen LogP contribution in [0.2, 0.25) is 0 Å². The van der Waals surface area contributed by atoms with Gasteiger partial charge in [0.2, 0.25) is 5.91 Å². The quantitative estimate of drug-likeness (QED) is 0.806. The Labute approximate surface area is 114 Å². The van der Waals surface area contributed by atoms with Crippen LogP contribution < -0.4 is 5.32 Å². The summed E-state index contributed by atoms with van der Waals surface area (Å²) in [6.45, 7) is -1.39. The molecule has 0 spiro atoms. The molecular formula is C12H17F3N2O3. The smallest absolute Gasteiger partial charge is 0.401 e. The number of nitrogens with zero attached hydrogens (tertiary/aromatic N) is 1. The van der Waals surface area contributed by atoms with Crippen molar-refractivity contribution in [1.29, 1.82) is 0 Å². The second-order valence-electron chi connectivity index (χ2n) is 5.40. The predicted molar refractivity (Wildman–Crippen MR) is 62.9 cm³/mol. The third-order valence-electron chi connectivity index (χ3n) is 4.07. The topological polar surface area (TPSA) is 69.6 Å². The monoisotopic (exact) mass is 294 g/mol. The van der Waals surface area contributed by atoms with E-state index in [1.807, 2.05) is 5.32 Å². The number of carbonyl (C=O) groups is 2. The number of hydrogen-bond donors (Lipinski definition) is 2. The molecule has 2 aliphatic rings. The molecule has 0 radical (unpaired) electrons. The van der Waals surface area contributed by atoms with Crippen LogP contribution >= 0.6 is 0 Å². The minimum absolute atomic E-state index is 0.0564. The van der Waals surface area contributed by atoms with Crippen LogP contribution in [0.4, 0.5) is 13.2 Å².